The van der Waals surface area contributed by atoms with Gasteiger partial charge in [0.15, 0.2) is 9.84 Å². The maximum Gasteiger partial charge on any atom is 0.313 e. The van der Waals surface area contributed by atoms with Gasteiger partial charge in [-0.05, 0) is 36.4 Å². The number of nitrogens with two attached hydrogens (primary N) is 1. The van der Waals surface area contributed by atoms with Gasteiger partial charge in [0.2, 0.25) is 5.95 Å². The van der Waals surface area contributed by atoms with Crippen LogP contribution in [0.2, 0.25) is 0 Å². The number of halogens is 2. The van der Waals surface area contributed by atoms with Gasteiger partial charge in [-0.3, -0.25) is 0 Å². The van der Waals surface area contributed by atoms with Crippen LogP contribution in [0.4, 0.5) is 37.3 Å². The molecule has 0 radical (unpaired) electrons. The zero-order valence-corrected chi connectivity index (χ0v) is 17.4. The van der Waals surface area contributed by atoms with Crippen LogP contribution in [0, 0.1) is 12.0 Å². The zero-order valence-electron chi connectivity index (χ0n) is 15.7. The van der Waals surface area contributed by atoms with Crippen molar-refractivity contribution in [3.05, 3.63) is 54.5 Å². The number of benzene rings is 2. The maximum atomic E-state index is 13.3. The number of hydrogen-bond donors (Lipinski definition) is 4. The van der Waals surface area contributed by atoms with Gasteiger partial charge in [-0.1, -0.05) is 0 Å². The highest BCUT2D eigenvalue weighted by molar-refractivity contribution is 7.91. The van der Waals surface area contributed by atoms with Gasteiger partial charge in [-0.2, -0.15) is 23.9 Å². The number of nitrogens with zero attached hydrogens (tertiary/aromatic N) is 4. The Morgan fingerprint density at radius 1 is 1.10 bits per heavy atom. The summed E-state index contributed by atoms with van der Waals surface area (Å²) in [5, 5.41) is 19.7. The molecular formula is C18H16F2N6O3S2. The van der Waals surface area contributed by atoms with E-state index in [4.69, 9.17) is 10.8 Å². The molecule has 13 heteroatoms. The van der Waals surface area contributed by atoms with E-state index in [1.807, 2.05) is 0 Å². The van der Waals surface area contributed by atoms with Crippen molar-refractivity contribution in [2.75, 3.05) is 23.4 Å². The molecule has 2 aromatic carbocycles. The second-order valence-corrected chi connectivity index (χ2v) is 8.73. The van der Waals surface area contributed by atoms with E-state index in [9.17, 15) is 17.2 Å². The first-order valence-electron chi connectivity index (χ1n) is 8.63. The van der Waals surface area contributed by atoms with Crippen LogP contribution in [-0.2, 0) is 9.84 Å². The van der Waals surface area contributed by atoms with Gasteiger partial charge in [0.05, 0.1) is 28.6 Å². The number of hydrogen-bond acceptors (Lipinski definition) is 10. The van der Waals surface area contributed by atoms with E-state index >= 15 is 0 Å². The molecule has 3 aromatic rings. The number of thiol groups is 1. The third-order valence-corrected chi connectivity index (χ3v) is 6.00. The number of nitrogen functional groups attached to an aromatic ring is 1. The average Bonchev–Trinajstić information content (AvgIpc) is 2.69. The summed E-state index contributed by atoms with van der Waals surface area (Å²) in [6, 6.07) is 9.39. The number of nitrogens with one attached hydrogen (secondary N) is 1. The summed E-state index contributed by atoms with van der Waals surface area (Å²) in [5.41, 5.74) is 6.94. The van der Waals surface area contributed by atoms with E-state index < -0.39 is 28.5 Å². The highest BCUT2D eigenvalue weighted by Gasteiger charge is 2.13. The monoisotopic (exact) mass is 466 g/mol. The van der Waals surface area contributed by atoms with E-state index in [0.717, 1.165) is 6.07 Å². The minimum Gasteiger partial charge on any atom is -0.398 e. The highest BCUT2D eigenvalue weighted by Crippen LogP contribution is 2.35. The lowest BCUT2D eigenvalue weighted by Crippen LogP contribution is -2.09. The lowest BCUT2D eigenvalue weighted by molar-refractivity contribution is 0.319. The number of azo groups is 1. The molecule has 31 heavy (non-hydrogen) atoms. The molecule has 0 fully saturated rings. The molecule has 4 N–H and O–H groups in total. The molecule has 0 unspecified atom stereocenters. The summed E-state index contributed by atoms with van der Waals surface area (Å²) in [7, 11) is -3.58. The molecule has 0 amide bonds. The molecule has 0 aliphatic heterocycles. The Morgan fingerprint density at radius 3 is 2.45 bits per heavy atom. The van der Waals surface area contributed by atoms with Crippen molar-refractivity contribution in [2.24, 2.45) is 10.2 Å². The number of sulfone groups is 1. The van der Waals surface area contributed by atoms with Gasteiger partial charge in [0.1, 0.15) is 11.5 Å². The maximum absolute atomic E-state index is 13.3. The van der Waals surface area contributed by atoms with Crippen molar-refractivity contribution >= 4 is 51.0 Å². The minimum atomic E-state index is -3.58. The number of rotatable bonds is 7. The number of anilines is 3. The summed E-state index contributed by atoms with van der Waals surface area (Å²) in [6.45, 7) is -0.483. The number of aliphatic hydroxyl groups is 1. The van der Waals surface area contributed by atoms with E-state index in [2.05, 4.69) is 38.1 Å². The van der Waals surface area contributed by atoms with Crippen LogP contribution < -0.4 is 11.1 Å². The van der Waals surface area contributed by atoms with Crippen LogP contribution in [0.15, 0.2) is 62.5 Å². The summed E-state index contributed by atoms with van der Waals surface area (Å²) in [5.74, 6) is -1.61. The molecule has 0 bridgehead atoms. The van der Waals surface area contributed by atoms with E-state index in [1.54, 1.807) is 0 Å². The third kappa shape index (κ3) is 5.71. The summed E-state index contributed by atoms with van der Waals surface area (Å²) in [6.07, 6.45) is -1.25. The molecule has 0 aliphatic carbocycles. The van der Waals surface area contributed by atoms with Gasteiger partial charge >= 0.3 is 6.08 Å². The molecule has 9 nitrogen and oxygen atoms in total. The first kappa shape index (κ1) is 22.5. The number of aromatic nitrogens is 2. The topological polar surface area (TPSA) is 143 Å². The standard InChI is InChI=1S/C18H16F2N6O3S2/c19-16-9-17(24-18(20)23-16)22-13-7-12(21)15(30)8-14(13)26-25-10-1-3-11(4-2-10)31(28,29)6-5-27/h1-4,7-9,27,30H,5-6,21H2,(H,22,23,24). The van der Waals surface area contributed by atoms with E-state index in [1.165, 1.54) is 36.4 Å². The van der Waals surface area contributed by atoms with Crippen LogP contribution in [0.5, 0.6) is 0 Å². The summed E-state index contributed by atoms with van der Waals surface area (Å²) < 4.78 is 50.5. The predicted molar refractivity (Wildman–Crippen MR) is 113 cm³/mol. The molecule has 0 atom stereocenters. The van der Waals surface area contributed by atoms with Gasteiger partial charge in [0.25, 0.3) is 0 Å². The fourth-order valence-corrected chi connectivity index (χ4v) is 3.65. The second kappa shape index (κ2) is 9.32. The largest absolute Gasteiger partial charge is 0.398 e. The van der Waals surface area contributed by atoms with Crippen LogP contribution in [0.25, 0.3) is 0 Å². The van der Waals surface area contributed by atoms with Crippen molar-refractivity contribution in [1.82, 2.24) is 9.97 Å². The van der Waals surface area contributed by atoms with E-state index in [0.29, 0.717) is 10.6 Å². The Labute approximate surface area is 181 Å². The predicted octanol–water partition coefficient (Wildman–Crippen LogP) is 3.55. The van der Waals surface area contributed by atoms with Crippen molar-refractivity contribution in [3.8, 4) is 0 Å². The SMILES string of the molecule is Nc1cc(Nc2cc(F)nc(F)n2)c(N=Nc2ccc(S(=O)(=O)CCO)cc2)cc1S. The molecule has 162 valence electrons. The van der Waals surface area contributed by atoms with Crippen molar-refractivity contribution in [2.45, 2.75) is 9.79 Å². The quantitative estimate of drug-likeness (QED) is 0.137. The fourth-order valence-electron chi connectivity index (χ4n) is 2.44. The zero-order chi connectivity index (χ0) is 22.6. The van der Waals surface area contributed by atoms with Gasteiger partial charge in [-0.25, -0.2) is 8.42 Å². The summed E-state index contributed by atoms with van der Waals surface area (Å²) >= 11 is 4.23. The fraction of sp³-hybridized carbons (Fsp3) is 0.111. The van der Waals surface area contributed by atoms with Crippen molar-refractivity contribution < 1.29 is 22.3 Å². The van der Waals surface area contributed by atoms with Crippen LogP contribution in [-0.4, -0.2) is 35.9 Å². The Morgan fingerprint density at radius 2 is 1.81 bits per heavy atom. The van der Waals surface area contributed by atoms with Gasteiger partial charge in [0, 0.05) is 16.6 Å². The molecule has 1 heterocycles. The van der Waals surface area contributed by atoms with E-state index in [-0.39, 0.29) is 33.5 Å². The third-order valence-electron chi connectivity index (χ3n) is 3.90. The van der Waals surface area contributed by atoms with Crippen LogP contribution in [0.3, 0.4) is 0 Å². The smallest absolute Gasteiger partial charge is 0.313 e. The Hall–Kier alpha value is -3.16. The average molecular weight is 466 g/mol. The van der Waals surface area contributed by atoms with Gasteiger partial charge < -0.3 is 16.2 Å². The lowest BCUT2D eigenvalue weighted by Gasteiger charge is -2.10. The first-order chi connectivity index (χ1) is 14.7. The second-order valence-electron chi connectivity index (χ2n) is 6.13. The summed E-state index contributed by atoms with van der Waals surface area (Å²) in [4.78, 5) is 6.81. The normalized spacial score (nSPS) is 11.7. The molecule has 0 aliphatic rings. The Balaban J connectivity index is 1.90. The molecule has 0 saturated heterocycles. The van der Waals surface area contributed by atoms with Crippen LogP contribution in [0.1, 0.15) is 0 Å². The minimum absolute atomic E-state index is 0.0424. The molecule has 0 spiro atoms. The van der Waals surface area contributed by atoms with Crippen LogP contribution >= 0.6 is 12.6 Å². The molecular weight excluding hydrogens is 450 g/mol. The Bertz CT molecular complexity index is 1220. The lowest BCUT2D eigenvalue weighted by atomic mass is 10.2. The highest BCUT2D eigenvalue weighted by atomic mass is 32.2. The van der Waals surface area contributed by atoms with Crippen molar-refractivity contribution in [1.29, 1.82) is 0 Å². The molecule has 0 saturated carbocycles. The Kier molecular flexibility index (Phi) is 6.77. The molecule has 3 rings (SSSR count). The van der Waals surface area contributed by atoms with Crippen molar-refractivity contribution in [3.63, 3.8) is 0 Å². The number of aliphatic hydroxyl groups excluding tert-OH is 1. The van der Waals surface area contributed by atoms with Gasteiger partial charge in [-0.15, -0.1) is 17.7 Å². The first-order valence-corrected chi connectivity index (χ1v) is 10.7. The molecule has 1 aromatic heterocycles.